The standard InChI is InChI=1S/C17H28N2O/c1-3-4-5-6-7-12-20-17-11-8-15(14(2)19-17)13-18-16-9-10-16/h8,11,16,18H,3-7,9-10,12-13H2,1-2H3. The lowest BCUT2D eigenvalue weighted by atomic mass is 10.2. The first-order chi connectivity index (χ1) is 9.79. The van der Waals surface area contributed by atoms with Crippen molar-refractivity contribution in [2.45, 2.75) is 71.4 Å². The molecule has 1 aliphatic rings. The smallest absolute Gasteiger partial charge is 0.213 e. The van der Waals surface area contributed by atoms with Gasteiger partial charge in [-0.3, -0.25) is 0 Å². The summed E-state index contributed by atoms with van der Waals surface area (Å²) in [7, 11) is 0. The molecule has 0 aliphatic heterocycles. The van der Waals surface area contributed by atoms with E-state index in [1.54, 1.807) is 0 Å². The molecule has 0 aromatic carbocycles. The highest BCUT2D eigenvalue weighted by Crippen LogP contribution is 2.20. The molecule has 0 radical (unpaired) electrons. The van der Waals surface area contributed by atoms with Crippen molar-refractivity contribution in [1.29, 1.82) is 0 Å². The monoisotopic (exact) mass is 276 g/mol. The van der Waals surface area contributed by atoms with Gasteiger partial charge in [0.2, 0.25) is 5.88 Å². The zero-order chi connectivity index (χ0) is 14.2. The summed E-state index contributed by atoms with van der Waals surface area (Å²) in [4.78, 5) is 4.54. The zero-order valence-corrected chi connectivity index (χ0v) is 13.0. The number of hydrogen-bond acceptors (Lipinski definition) is 3. The third kappa shape index (κ3) is 5.49. The molecule has 1 N–H and O–H groups in total. The van der Waals surface area contributed by atoms with Crippen molar-refractivity contribution in [3.8, 4) is 5.88 Å². The van der Waals surface area contributed by atoms with E-state index < -0.39 is 0 Å². The van der Waals surface area contributed by atoms with Gasteiger partial charge in [0.05, 0.1) is 6.61 Å². The van der Waals surface area contributed by atoms with Crippen molar-refractivity contribution in [2.75, 3.05) is 6.61 Å². The number of pyridine rings is 1. The summed E-state index contributed by atoms with van der Waals surface area (Å²) in [5, 5.41) is 3.52. The molecule has 3 heteroatoms. The second kappa shape index (κ2) is 8.25. The molecule has 112 valence electrons. The molecule has 0 bridgehead atoms. The molecule has 20 heavy (non-hydrogen) atoms. The number of nitrogens with one attached hydrogen (secondary N) is 1. The lowest BCUT2D eigenvalue weighted by Gasteiger charge is -2.09. The minimum atomic E-state index is 0.744. The van der Waals surface area contributed by atoms with Gasteiger partial charge in [0.1, 0.15) is 0 Å². The number of rotatable bonds is 10. The molecule has 1 saturated carbocycles. The topological polar surface area (TPSA) is 34.1 Å². The van der Waals surface area contributed by atoms with E-state index in [1.807, 2.05) is 6.07 Å². The van der Waals surface area contributed by atoms with E-state index in [0.717, 1.165) is 37.2 Å². The van der Waals surface area contributed by atoms with Gasteiger partial charge >= 0.3 is 0 Å². The van der Waals surface area contributed by atoms with E-state index in [2.05, 4.69) is 30.2 Å². The number of unbranched alkanes of at least 4 members (excludes halogenated alkanes) is 4. The van der Waals surface area contributed by atoms with Crippen LogP contribution in [0, 0.1) is 6.92 Å². The summed E-state index contributed by atoms with van der Waals surface area (Å²) < 4.78 is 5.73. The molecule has 0 saturated heterocycles. The quantitative estimate of drug-likeness (QED) is 0.656. The van der Waals surface area contributed by atoms with E-state index in [0.29, 0.717) is 0 Å². The number of hydrogen-bond donors (Lipinski definition) is 1. The lowest BCUT2D eigenvalue weighted by Crippen LogP contribution is -2.16. The van der Waals surface area contributed by atoms with E-state index in [4.69, 9.17) is 4.74 Å². The van der Waals surface area contributed by atoms with Gasteiger partial charge in [-0.25, -0.2) is 4.98 Å². The highest BCUT2D eigenvalue weighted by molar-refractivity contribution is 5.25. The fraction of sp³-hybridized carbons (Fsp3) is 0.706. The largest absolute Gasteiger partial charge is 0.478 e. The van der Waals surface area contributed by atoms with Gasteiger partial charge in [-0.05, 0) is 31.7 Å². The Bertz CT molecular complexity index is 402. The van der Waals surface area contributed by atoms with Gasteiger partial charge in [0, 0.05) is 24.3 Å². The van der Waals surface area contributed by atoms with Gasteiger partial charge in [-0.15, -0.1) is 0 Å². The maximum Gasteiger partial charge on any atom is 0.213 e. The van der Waals surface area contributed by atoms with Crippen LogP contribution in [0.25, 0.3) is 0 Å². The molecule has 2 rings (SSSR count). The summed E-state index contributed by atoms with van der Waals surface area (Å²) in [6.07, 6.45) is 8.98. The highest BCUT2D eigenvalue weighted by Gasteiger charge is 2.20. The average molecular weight is 276 g/mol. The summed E-state index contributed by atoms with van der Waals surface area (Å²) >= 11 is 0. The molecule has 3 nitrogen and oxygen atoms in total. The predicted octanol–water partition coefficient (Wildman–Crippen LogP) is 3.99. The third-order valence-electron chi connectivity index (χ3n) is 3.83. The molecule has 0 amide bonds. The van der Waals surface area contributed by atoms with Crippen LogP contribution in [0.15, 0.2) is 12.1 Å². The Kier molecular flexibility index (Phi) is 6.31. The second-order valence-electron chi connectivity index (χ2n) is 5.81. The maximum absolute atomic E-state index is 5.73. The van der Waals surface area contributed by atoms with Crippen LogP contribution in [0.1, 0.15) is 63.1 Å². The maximum atomic E-state index is 5.73. The summed E-state index contributed by atoms with van der Waals surface area (Å²) in [6.45, 7) is 6.03. The van der Waals surface area contributed by atoms with Crippen molar-refractivity contribution in [1.82, 2.24) is 10.3 Å². The molecule has 1 fully saturated rings. The van der Waals surface area contributed by atoms with Crippen LogP contribution in [0.3, 0.4) is 0 Å². The fourth-order valence-corrected chi connectivity index (χ4v) is 2.26. The van der Waals surface area contributed by atoms with E-state index in [1.165, 1.54) is 44.1 Å². The van der Waals surface area contributed by atoms with Crippen molar-refractivity contribution in [2.24, 2.45) is 0 Å². The fourth-order valence-electron chi connectivity index (χ4n) is 2.26. The normalized spacial score (nSPS) is 14.5. The Balaban J connectivity index is 1.67. The minimum absolute atomic E-state index is 0.744. The van der Waals surface area contributed by atoms with Crippen LogP contribution in [0.5, 0.6) is 5.88 Å². The van der Waals surface area contributed by atoms with Crippen molar-refractivity contribution in [3.63, 3.8) is 0 Å². The Hall–Kier alpha value is -1.09. The first-order valence-corrected chi connectivity index (χ1v) is 8.12. The molecular weight excluding hydrogens is 248 g/mol. The van der Waals surface area contributed by atoms with Gasteiger partial charge in [0.25, 0.3) is 0 Å². The Morgan fingerprint density at radius 3 is 2.70 bits per heavy atom. The first-order valence-electron chi connectivity index (χ1n) is 8.12. The molecule has 1 aromatic rings. The predicted molar refractivity (Wildman–Crippen MR) is 83.1 cm³/mol. The molecule has 0 unspecified atom stereocenters. The van der Waals surface area contributed by atoms with Crippen LogP contribution in [-0.2, 0) is 6.54 Å². The molecular formula is C17H28N2O. The van der Waals surface area contributed by atoms with E-state index in [9.17, 15) is 0 Å². The number of aryl methyl sites for hydroxylation is 1. The van der Waals surface area contributed by atoms with Crippen molar-refractivity contribution < 1.29 is 4.74 Å². The van der Waals surface area contributed by atoms with Crippen LogP contribution in [0.2, 0.25) is 0 Å². The number of ether oxygens (including phenoxy) is 1. The van der Waals surface area contributed by atoms with Gasteiger partial charge in [0.15, 0.2) is 0 Å². The van der Waals surface area contributed by atoms with Crippen LogP contribution >= 0.6 is 0 Å². The SMILES string of the molecule is CCCCCCCOc1ccc(CNC2CC2)c(C)n1. The Morgan fingerprint density at radius 1 is 1.20 bits per heavy atom. The molecule has 1 aliphatic carbocycles. The number of nitrogens with zero attached hydrogens (tertiary/aromatic N) is 1. The van der Waals surface area contributed by atoms with Crippen molar-refractivity contribution in [3.05, 3.63) is 23.4 Å². The summed E-state index contributed by atoms with van der Waals surface area (Å²) in [5.41, 5.74) is 2.37. The zero-order valence-electron chi connectivity index (χ0n) is 13.0. The van der Waals surface area contributed by atoms with Crippen LogP contribution in [0.4, 0.5) is 0 Å². The van der Waals surface area contributed by atoms with Crippen LogP contribution in [-0.4, -0.2) is 17.6 Å². The van der Waals surface area contributed by atoms with Crippen molar-refractivity contribution >= 4 is 0 Å². The molecule has 1 aromatic heterocycles. The van der Waals surface area contributed by atoms with Crippen LogP contribution < -0.4 is 10.1 Å². The van der Waals surface area contributed by atoms with Gasteiger partial charge < -0.3 is 10.1 Å². The van der Waals surface area contributed by atoms with Gasteiger partial charge in [-0.2, -0.15) is 0 Å². The van der Waals surface area contributed by atoms with E-state index >= 15 is 0 Å². The highest BCUT2D eigenvalue weighted by atomic mass is 16.5. The average Bonchev–Trinajstić information content (AvgIpc) is 3.26. The van der Waals surface area contributed by atoms with E-state index in [-0.39, 0.29) is 0 Å². The lowest BCUT2D eigenvalue weighted by molar-refractivity contribution is 0.292. The summed E-state index contributed by atoms with van der Waals surface area (Å²) in [5.74, 6) is 0.771. The minimum Gasteiger partial charge on any atom is -0.478 e. The first kappa shape index (κ1) is 15.3. The molecule has 1 heterocycles. The molecule has 0 spiro atoms. The Labute approximate surface area is 123 Å². The Morgan fingerprint density at radius 2 is 2.00 bits per heavy atom. The summed E-state index contributed by atoms with van der Waals surface area (Å²) in [6, 6.07) is 4.89. The van der Waals surface area contributed by atoms with Gasteiger partial charge in [-0.1, -0.05) is 38.7 Å². The molecule has 0 atom stereocenters. The second-order valence-corrected chi connectivity index (χ2v) is 5.81. The third-order valence-corrected chi connectivity index (χ3v) is 3.83. The number of aromatic nitrogens is 1.